The molecule has 1 aromatic heterocycles. The van der Waals surface area contributed by atoms with Crippen LogP contribution in [0.3, 0.4) is 0 Å². The van der Waals surface area contributed by atoms with Crippen LogP contribution in [0.2, 0.25) is 0 Å². The average molecular weight is 320 g/mol. The van der Waals surface area contributed by atoms with Crippen molar-refractivity contribution in [3.63, 3.8) is 0 Å². The number of nitrogens with one attached hydrogen (secondary N) is 2. The lowest BCUT2D eigenvalue weighted by atomic mass is 10.1. The number of carbonyl (C=O) groups is 1. The summed E-state index contributed by atoms with van der Waals surface area (Å²) in [6, 6.07) is 14.0. The summed E-state index contributed by atoms with van der Waals surface area (Å²) in [7, 11) is 0. The monoisotopic (exact) mass is 320 g/mol. The predicted octanol–water partition coefficient (Wildman–Crippen LogP) is 2.87. The Bertz CT molecular complexity index is 895. The Morgan fingerprint density at radius 1 is 1.25 bits per heavy atom. The number of nitrogens with two attached hydrogens (primary N) is 1. The Kier molecular flexibility index (Phi) is 4.61. The van der Waals surface area contributed by atoms with Crippen LogP contribution >= 0.6 is 0 Å². The van der Waals surface area contributed by atoms with E-state index in [2.05, 4.69) is 21.6 Å². The van der Waals surface area contributed by atoms with E-state index in [-0.39, 0.29) is 5.91 Å². The largest absolute Gasteiger partial charge is 0.382 e. The quantitative estimate of drug-likeness (QED) is 0.632. The molecule has 0 bridgehead atoms. The second-order valence-corrected chi connectivity index (χ2v) is 5.80. The van der Waals surface area contributed by atoms with Gasteiger partial charge in [-0.3, -0.25) is 9.89 Å². The summed E-state index contributed by atoms with van der Waals surface area (Å²) in [5.74, 6) is 0.395. The average Bonchev–Trinajstić information content (AvgIpc) is 2.94. The normalized spacial score (nSPS) is 11.2. The van der Waals surface area contributed by atoms with Gasteiger partial charge in [0.05, 0.1) is 5.52 Å². The van der Waals surface area contributed by atoms with Crippen molar-refractivity contribution in [1.82, 2.24) is 15.5 Å². The summed E-state index contributed by atoms with van der Waals surface area (Å²) in [4.78, 5) is 11.9. The van der Waals surface area contributed by atoms with E-state index in [1.54, 1.807) is 6.08 Å². The molecule has 122 valence electrons. The highest BCUT2D eigenvalue weighted by Gasteiger charge is 2.02. The number of allylic oxidation sites excluding steroid dienone is 1. The third-order valence-corrected chi connectivity index (χ3v) is 3.83. The maximum Gasteiger partial charge on any atom is 0.243 e. The van der Waals surface area contributed by atoms with Crippen LogP contribution in [0.1, 0.15) is 16.7 Å². The number of H-pyrrole nitrogens is 1. The summed E-state index contributed by atoms with van der Waals surface area (Å²) in [5.41, 5.74) is 10.1. The lowest BCUT2D eigenvalue weighted by Crippen LogP contribution is -2.20. The number of amides is 1. The zero-order chi connectivity index (χ0) is 16.9. The van der Waals surface area contributed by atoms with Gasteiger partial charge in [-0.1, -0.05) is 42.0 Å². The second kappa shape index (κ2) is 7.00. The van der Waals surface area contributed by atoms with E-state index in [1.807, 2.05) is 49.4 Å². The summed E-state index contributed by atoms with van der Waals surface area (Å²) < 4.78 is 0. The summed E-state index contributed by atoms with van der Waals surface area (Å²) >= 11 is 0. The first-order chi connectivity index (χ1) is 11.6. The first kappa shape index (κ1) is 15.8. The number of benzene rings is 2. The van der Waals surface area contributed by atoms with E-state index in [4.69, 9.17) is 5.73 Å². The number of aryl methyl sites for hydroxylation is 1. The number of rotatable bonds is 5. The van der Waals surface area contributed by atoms with Gasteiger partial charge < -0.3 is 11.1 Å². The van der Waals surface area contributed by atoms with E-state index < -0.39 is 0 Å². The molecule has 5 heteroatoms. The number of aromatic nitrogens is 2. The van der Waals surface area contributed by atoms with Gasteiger partial charge in [-0.05, 0) is 42.7 Å². The van der Waals surface area contributed by atoms with Crippen molar-refractivity contribution < 1.29 is 4.79 Å². The fourth-order valence-electron chi connectivity index (χ4n) is 2.58. The van der Waals surface area contributed by atoms with Gasteiger partial charge in [0.2, 0.25) is 5.91 Å². The van der Waals surface area contributed by atoms with Gasteiger partial charge in [0, 0.05) is 11.9 Å². The first-order valence-electron chi connectivity index (χ1n) is 7.84. The molecule has 0 atom stereocenters. The van der Waals surface area contributed by atoms with Gasteiger partial charge in [0.25, 0.3) is 0 Å². The molecule has 0 radical (unpaired) electrons. The zero-order valence-electron chi connectivity index (χ0n) is 13.5. The minimum absolute atomic E-state index is 0.0968. The van der Waals surface area contributed by atoms with Gasteiger partial charge in [0.15, 0.2) is 5.82 Å². The van der Waals surface area contributed by atoms with Crippen molar-refractivity contribution >= 4 is 22.6 Å². The maximum atomic E-state index is 11.9. The molecule has 0 saturated carbocycles. The van der Waals surface area contributed by atoms with Crippen LogP contribution in [0.5, 0.6) is 0 Å². The molecule has 0 aliphatic rings. The van der Waals surface area contributed by atoms with Crippen LogP contribution in [-0.2, 0) is 17.8 Å². The van der Waals surface area contributed by atoms with Crippen molar-refractivity contribution in [2.24, 2.45) is 0 Å². The molecule has 0 aliphatic heterocycles. The highest BCUT2D eigenvalue weighted by Crippen LogP contribution is 2.19. The third-order valence-electron chi connectivity index (χ3n) is 3.83. The third kappa shape index (κ3) is 3.81. The molecule has 4 N–H and O–H groups in total. The highest BCUT2D eigenvalue weighted by molar-refractivity contribution is 5.89. The lowest BCUT2D eigenvalue weighted by Gasteiger charge is -2.03. The molecule has 0 unspecified atom stereocenters. The van der Waals surface area contributed by atoms with Crippen molar-refractivity contribution in [3.05, 3.63) is 71.3 Å². The molecule has 1 amide bonds. The molecule has 5 nitrogen and oxygen atoms in total. The summed E-state index contributed by atoms with van der Waals surface area (Å²) in [6.45, 7) is 2.57. The molecule has 0 aliphatic carbocycles. The topological polar surface area (TPSA) is 83.8 Å². The van der Waals surface area contributed by atoms with E-state index >= 15 is 0 Å². The molecule has 0 spiro atoms. The molecule has 3 rings (SSSR count). The van der Waals surface area contributed by atoms with Crippen LogP contribution in [0.15, 0.2) is 54.6 Å². The van der Waals surface area contributed by atoms with Crippen LogP contribution in [0, 0.1) is 6.92 Å². The van der Waals surface area contributed by atoms with Crippen LogP contribution in [0.25, 0.3) is 10.9 Å². The summed E-state index contributed by atoms with van der Waals surface area (Å²) in [6.07, 6.45) is 4.08. The number of anilines is 1. The maximum absolute atomic E-state index is 11.9. The SMILES string of the molecule is Cc1cccc(CNC(=O)/C=C/Cc2ccc3[nH]nc(N)c3c2)c1. The highest BCUT2D eigenvalue weighted by atomic mass is 16.1. The Morgan fingerprint density at radius 2 is 2.12 bits per heavy atom. The van der Waals surface area contributed by atoms with Gasteiger partial charge in [-0.25, -0.2) is 0 Å². The molecular formula is C19H20N4O. The van der Waals surface area contributed by atoms with Crippen molar-refractivity contribution in [3.8, 4) is 0 Å². The molecule has 0 saturated heterocycles. The number of hydrogen-bond donors (Lipinski definition) is 3. The van der Waals surface area contributed by atoms with Gasteiger partial charge in [-0.2, -0.15) is 5.10 Å². The number of nitrogen functional groups attached to an aromatic ring is 1. The van der Waals surface area contributed by atoms with E-state index in [1.165, 1.54) is 5.56 Å². The van der Waals surface area contributed by atoms with Crippen molar-refractivity contribution in [1.29, 1.82) is 0 Å². The van der Waals surface area contributed by atoms with Gasteiger partial charge >= 0.3 is 0 Å². The number of aromatic amines is 1. The number of hydrogen-bond acceptors (Lipinski definition) is 3. The molecule has 0 fully saturated rings. The fourth-order valence-corrected chi connectivity index (χ4v) is 2.58. The Labute approximate surface area is 140 Å². The Morgan fingerprint density at radius 3 is 2.96 bits per heavy atom. The Hall–Kier alpha value is -3.08. The second-order valence-electron chi connectivity index (χ2n) is 5.80. The van der Waals surface area contributed by atoms with E-state index in [0.29, 0.717) is 18.8 Å². The number of nitrogens with zero attached hydrogens (tertiary/aromatic N) is 1. The van der Waals surface area contributed by atoms with Crippen molar-refractivity contribution in [2.45, 2.75) is 19.9 Å². The van der Waals surface area contributed by atoms with Crippen LogP contribution < -0.4 is 11.1 Å². The smallest absolute Gasteiger partial charge is 0.243 e. The summed E-state index contributed by atoms with van der Waals surface area (Å²) in [5, 5.41) is 10.6. The van der Waals surface area contributed by atoms with E-state index in [9.17, 15) is 4.79 Å². The lowest BCUT2D eigenvalue weighted by molar-refractivity contribution is -0.116. The van der Waals surface area contributed by atoms with Crippen LogP contribution in [0.4, 0.5) is 5.82 Å². The van der Waals surface area contributed by atoms with E-state index in [0.717, 1.165) is 22.0 Å². The molecule has 2 aromatic carbocycles. The van der Waals surface area contributed by atoms with Gasteiger partial charge in [0.1, 0.15) is 0 Å². The zero-order valence-corrected chi connectivity index (χ0v) is 13.5. The number of carbonyl (C=O) groups excluding carboxylic acids is 1. The molecule has 1 heterocycles. The van der Waals surface area contributed by atoms with Crippen LogP contribution in [-0.4, -0.2) is 16.1 Å². The van der Waals surface area contributed by atoms with Crippen molar-refractivity contribution in [2.75, 3.05) is 5.73 Å². The minimum atomic E-state index is -0.0968. The fraction of sp³-hybridized carbons (Fsp3) is 0.158. The van der Waals surface area contributed by atoms with Gasteiger partial charge in [-0.15, -0.1) is 0 Å². The first-order valence-corrected chi connectivity index (χ1v) is 7.84. The minimum Gasteiger partial charge on any atom is -0.382 e. The molecule has 3 aromatic rings. The molecule has 24 heavy (non-hydrogen) atoms. The number of fused-ring (bicyclic) bond motifs is 1. The molecular weight excluding hydrogens is 300 g/mol. The Balaban J connectivity index is 1.54. The standard InChI is InChI=1S/C19H20N4O/c1-13-4-2-6-15(10-13)12-21-18(24)7-3-5-14-8-9-17-16(11-14)19(20)23-22-17/h2-4,6-11H,5,12H2,1H3,(H,21,24)(H3,20,22,23)/b7-3+. The predicted molar refractivity (Wildman–Crippen MR) is 96.4 cm³/mol.